The lowest BCUT2D eigenvalue weighted by Gasteiger charge is -2.21. The van der Waals surface area contributed by atoms with Gasteiger partial charge in [0, 0.05) is 18.8 Å². The molecule has 0 unspecified atom stereocenters. The van der Waals surface area contributed by atoms with Gasteiger partial charge in [0.15, 0.2) is 0 Å². The Morgan fingerprint density at radius 3 is 1.54 bits per heavy atom. The summed E-state index contributed by atoms with van der Waals surface area (Å²) in [4.78, 5) is 4.86. The second-order valence-electron chi connectivity index (χ2n) is 9.28. The molecule has 4 heteroatoms. The second-order valence-corrected chi connectivity index (χ2v) is 10.4. The minimum atomic E-state index is 0.295. The molecule has 0 heterocycles. The van der Waals surface area contributed by atoms with Crippen molar-refractivity contribution >= 4 is 11.8 Å². The van der Waals surface area contributed by atoms with E-state index in [4.69, 9.17) is 4.74 Å². The van der Waals surface area contributed by atoms with Gasteiger partial charge < -0.3 is 14.5 Å². The summed E-state index contributed by atoms with van der Waals surface area (Å²) in [5.74, 6) is 2.55. The molecule has 0 aromatic carbocycles. The third kappa shape index (κ3) is 22.3. The molecule has 0 aliphatic heterocycles. The fourth-order valence-electron chi connectivity index (χ4n) is 2.22. The van der Waals surface area contributed by atoms with Crippen LogP contribution >= 0.6 is 11.8 Å². The summed E-state index contributed by atoms with van der Waals surface area (Å²) in [5, 5.41) is 0. The molecule has 0 rings (SSSR count). The molecule has 0 aromatic rings. The quantitative estimate of drug-likeness (QED) is 0.409. The third-order valence-electron chi connectivity index (χ3n) is 3.96. The Morgan fingerprint density at radius 1 is 0.692 bits per heavy atom. The second kappa shape index (κ2) is 16.2. The Morgan fingerprint density at radius 2 is 1.15 bits per heavy atom. The molecule has 0 atom stereocenters. The lowest BCUT2D eigenvalue weighted by atomic mass is 9.99. The van der Waals surface area contributed by atoms with Gasteiger partial charge in [-0.25, -0.2) is 0 Å². The summed E-state index contributed by atoms with van der Waals surface area (Å²) in [5.41, 5.74) is 0.775. The van der Waals surface area contributed by atoms with Crippen LogP contribution in [0.15, 0.2) is 0 Å². The van der Waals surface area contributed by atoms with E-state index in [0.29, 0.717) is 10.8 Å². The van der Waals surface area contributed by atoms with Crippen molar-refractivity contribution in [3.8, 4) is 0 Å². The molecule has 0 aromatic heterocycles. The standard InChI is InChI=1S/C11H25NO.C11H25NS/c2*1-6-12(7-2)8-9-13-10-11(3,4)5/h2*6-10H2,1-5H3. The number of ether oxygens (including phenoxy) is 1. The van der Waals surface area contributed by atoms with Crippen LogP contribution in [0, 0.1) is 10.8 Å². The van der Waals surface area contributed by atoms with Gasteiger partial charge in [-0.2, -0.15) is 11.8 Å². The van der Waals surface area contributed by atoms with E-state index in [2.05, 4.69) is 90.8 Å². The fraction of sp³-hybridized carbons (Fsp3) is 1.00. The highest BCUT2D eigenvalue weighted by atomic mass is 32.2. The highest BCUT2D eigenvalue weighted by molar-refractivity contribution is 7.99. The van der Waals surface area contributed by atoms with E-state index in [1.54, 1.807) is 0 Å². The molecule has 0 amide bonds. The van der Waals surface area contributed by atoms with Crippen LogP contribution in [-0.2, 0) is 4.74 Å². The minimum Gasteiger partial charge on any atom is -0.380 e. The molecule has 160 valence electrons. The van der Waals surface area contributed by atoms with Crippen molar-refractivity contribution in [3.05, 3.63) is 0 Å². The van der Waals surface area contributed by atoms with E-state index in [9.17, 15) is 0 Å². The zero-order valence-corrected chi connectivity index (χ0v) is 20.6. The summed E-state index contributed by atoms with van der Waals surface area (Å²) in [7, 11) is 0. The van der Waals surface area contributed by atoms with Crippen molar-refractivity contribution in [1.82, 2.24) is 9.80 Å². The van der Waals surface area contributed by atoms with Crippen LogP contribution in [0.25, 0.3) is 0 Å². The maximum Gasteiger partial charge on any atom is 0.0593 e. The van der Waals surface area contributed by atoms with Crippen LogP contribution in [0.2, 0.25) is 0 Å². The van der Waals surface area contributed by atoms with Crippen molar-refractivity contribution in [2.45, 2.75) is 69.2 Å². The summed E-state index contributed by atoms with van der Waals surface area (Å²) in [6.07, 6.45) is 0. The summed E-state index contributed by atoms with van der Waals surface area (Å²) >= 11 is 2.08. The number of nitrogens with zero attached hydrogens (tertiary/aromatic N) is 2. The molecular weight excluding hydrogens is 340 g/mol. The van der Waals surface area contributed by atoms with E-state index in [0.717, 1.165) is 32.8 Å². The smallest absolute Gasteiger partial charge is 0.0593 e. The Balaban J connectivity index is 0. The van der Waals surface area contributed by atoms with Gasteiger partial charge in [0.25, 0.3) is 0 Å². The maximum absolute atomic E-state index is 5.59. The molecule has 26 heavy (non-hydrogen) atoms. The molecular formula is C22H50N2OS. The van der Waals surface area contributed by atoms with E-state index in [1.165, 1.54) is 31.1 Å². The Bertz CT molecular complexity index is 259. The molecule has 0 aliphatic carbocycles. The van der Waals surface area contributed by atoms with Gasteiger partial charge in [0.1, 0.15) is 0 Å². The van der Waals surface area contributed by atoms with E-state index in [1.807, 2.05) is 0 Å². The van der Waals surface area contributed by atoms with Crippen molar-refractivity contribution in [2.75, 3.05) is 64.0 Å². The number of hydrogen-bond donors (Lipinski definition) is 0. The number of thioether (sulfide) groups is 1. The van der Waals surface area contributed by atoms with Crippen LogP contribution < -0.4 is 0 Å². The van der Waals surface area contributed by atoms with Gasteiger partial charge in [-0.15, -0.1) is 0 Å². The molecule has 0 saturated carbocycles. The van der Waals surface area contributed by atoms with Gasteiger partial charge in [0.05, 0.1) is 13.2 Å². The Labute approximate surface area is 170 Å². The van der Waals surface area contributed by atoms with Crippen molar-refractivity contribution in [2.24, 2.45) is 10.8 Å². The zero-order valence-electron chi connectivity index (χ0n) is 19.8. The van der Waals surface area contributed by atoms with Gasteiger partial charge in [0.2, 0.25) is 0 Å². The average molecular weight is 391 g/mol. The molecule has 3 nitrogen and oxygen atoms in total. The highest BCUT2D eigenvalue weighted by Crippen LogP contribution is 2.20. The molecule has 0 radical (unpaired) electrons. The average Bonchev–Trinajstić information content (AvgIpc) is 2.54. The monoisotopic (exact) mass is 390 g/mol. The number of likely N-dealkylation sites (N-methyl/N-ethyl adjacent to an activating group) is 1. The molecule has 0 N–H and O–H groups in total. The minimum absolute atomic E-state index is 0.295. The summed E-state index contributed by atoms with van der Waals surface area (Å²) in [6.45, 7) is 31.0. The van der Waals surface area contributed by atoms with Gasteiger partial charge in [-0.1, -0.05) is 69.2 Å². The SMILES string of the molecule is CCN(CC)CCOCC(C)(C)C.CCN(CC)CCSCC(C)(C)C. The van der Waals surface area contributed by atoms with Gasteiger partial charge in [-0.05, 0) is 42.8 Å². The van der Waals surface area contributed by atoms with Gasteiger partial charge in [-0.3, -0.25) is 0 Å². The first-order valence-electron chi connectivity index (χ1n) is 10.6. The number of rotatable bonds is 12. The summed E-state index contributed by atoms with van der Waals surface area (Å²) in [6, 6.07) is 0. The first-order valence-corrected chi connectivity index (χ1v) is 11.7. The highest BCUT2D eigenvalue weighted by Gasteiger charge is 2.10. The Hall–Kier alpha value is 0.230. The molecule has 0 spiro atoms. The van der Waals surface area contributed by atoms with Gasteiger partial charge >= 0.3 is 0 Å². The van der Waals surface area contributed by atoms with Crippen LogP contribution in [0.4, 0.5) is 0 Å². The van der Waals surface area contributed by atoms with Crippen LogP contribution in [0.1, 0.15) is 69.2 Å². The van der Waals surface area contributed by atoms with Crippen molar-refractivity contribution in [1.29, 1.82) is 0 Å². The zero-order chi connectivity index (χ0) is 20.6. The lowest BCUT2D eigenvalue weighted by molar-refractivity contribution is 0.0564. The van der Waals surface area contributed by atoms with Crippen molar-refractivity contribution in [3.63, 3.8) is 0 Å². The fourth-order valence-corrected chi connectivity index (χ4v) is 3.37. The predicted octanol–water partition coefficient (Wildman–Crippen LogP) is 5.50. The third-order valence-corrected chi connectivity index (χ3v) is 5.50. The molecule has 0 aliphatic rings. The molecule has 0 bridgehead atoms. The van der Waals surface area contributed by atoms with Crippen LogP contribution in [0.5, 0.6) is 0 Å². The molecule has 0 fully saturated rings. The predicted molar refractivity (Wildman–Crippen MR) is 123 cm³/mol. The first kappa shape index (κ1) is 28.4. The normalized spacial score (nSPS) is 12.5. The summed E-state index contributed by atoms with van der Waals surface area (Å²) < 4.78 is 5.59. The van der Waals surface area contributed by atoms with E-state index < -0.39 is 0 Å². The van der Waals surface area contributed by atoms with E-state index >= 15 is 0 Å². The topological polar surface area (TPSA) is 15.7 Å². The Kier molecular flexibility index (Phi) is 17.7. The van der Waals surface area contributed by atoms with Crippen LogP contribution in [0.3, 0.4) is 0 Å². The molecule has 0 saturated heterocycles. The van der Waals surface area contributed by atoms with E-state index in [-0.39, 0.29) is 0 Å². The number of hydrogen-bond acceptors (Lipinski definition) is 4. The van der Waals surface area contributed by atoms with Crippen LogP contribution in [-0.4, -0.2) is 73.8 Å². The first-order chi connectivity index (χ1) is 12.0. The van der Waals surface area contributed by atoms with Crippen molar-refractivity contribution < 1.29 is 4.74 Å². The maximum atomic E-state index is 5.59. The lowest BCUT2D eigenvalue weighted by Crippen LogP contribution is -2.28. The largest absolute Gasteiger partial charge is 0.380 e.